The van der Waals surface area contributed by atoms with Crippen LogP contribution in [0.4, 0.5) is 0 Å². The summed E-state index contributed by atoms with van der Waals surface area (Å²) in [6.07, 6.45) is 0.114. The van der Waals surface area contributed by atoms with E-state index >= 15 is 0 Å². The maximum atomic E-state index is 13.3. The van der Waals surface area contributed by atoms with Gasteiger partial charge in [-0.25, -0.2) is 4.79 Å². The Morgan fingerprint density at radius 2 is 1.73 bits per heavy atom. The van der Waals surface area contributed by atoms with Crippen LogP contribution in [0.2, 0.25) is 5.02 Å². The molecule has 0 aliphatic carbocycles. The van der Waals surface area contributed by atoms with E-state index in [0.717, 1.165) is 16.7 Å². The number of nitrogens with one attached hydrogen (secondary N) is 1. The average molecular weight is 517 g/mol. The van der Waals surface area contributed by atoms with Crippen LogP contribution in [0.3, 0.4) is 0 Å². The second-order valence-corrected chi connectivity index (χ2v) is 9.32. The molecule has 190 valence electrons. The van der Waals surface area contributed by atoms with Crippen molar-refractivity contribution in [2.75, 3.05) is 6.61 Å². The summed E-state index contributed by atoms with van der Waals surface area (Å²) in [5, 5.41) is 3.46. The van der Waals surface area contributed by atoms with Gasteiger partial charge in [0.05, 0.1) is 18.7 Å². The Balaban J connectivity index is 1.58. The maximum Gasteiger partial charge on any atom is 0.336 e. The second-order valence-electron chi connectivity index (χ2n) is 8.88. The zero-order valence-electron chi connectivity index (χ0n) is 20.9. The number of esters is 1. The summed E-state index contributed by atoms with van der Waals surface area (Å²) in [7, 11) is 0. The quantitative estimate of drug-likeness (QED) is 0.394. The smallest absolute Gasteiger partial charge is 0.336 e. The van der Waals surface area contributed by atoms with Gasteiger partial charge in [0.15, 0.2) is 0 Å². The summed E-state index contributed by atoms with van der Waals surface area (Å²) in [5.41, 5.74) is 4.07. The predicted molar refractivity (Wildman–Crippen MR) is 143 cm³/mol. The first kappa shape index (κ1) is 26.2. The van der Waals surface area contributed by atoms with E-state index in [1.165, 1.54) is 0 Å². The van der Waals surface area contributed by atoms with Crippen molar-refractivity contribution in [2.24, 2.45) is 0 Å². The lowest BCUT2D eigenvalue weighted by atomic mass is 9.83. The first-order chi connectivity index (χ1) is 17.9. The highest BCUT2D eigenvalue weighted by Crippen LogP contribution is 2.38. The summed E-state index contributed by atoms with van der Waals surface area (Å²) >= 11 is 6.20. The van der Waals surface area contributed by atoms with Gasteiger partial charge in [-0.05, 0) is 54.8 Å². The molecule has 3 aromatic carbocycles. The highest BCUT2D eigenvalue weighted by molar-refractivity contribution is 6.30. The number of rotatable bonds is 8. The summed E-state index contributed by atoms with van der Waals surface area (Å²) in [6, 6.07) is 24.1. The summed E-state index contributed by atoms with van der Waals surface area (Å²) in [4.78, 5) is 40.7. The zero-order chi connectivity index (χ0) is 26.4. The summed E-state index contributed by atoms with van der Waals surface area (Å²) in [6.45, 7) is 4.39. The number of carbonyl (C=O) groups is 3. The number of carbonyl (C=O) groups excluding carboxylic acids is 3. The highest BCUT2D eigenvalue weighted by atomic mass is 35.5. The first-order valence-electron chi connectivity index (χ1n) is 12.2. The summed E-state index contributed by atoms with van der Waals surface area (Å²) in [5.74, 6) is -1.21. The number of hydrogen-bond acceptors (Lipinski definition) is 4. The fraction of sp³-hybridized carbons (Fsp3) is 0.233. The van der Waals surface area contributed by atoms with Crippen molar-refractivity contribution in [3.63, 3.8) is 0 Å². The number of amides is 2. The Bertz CT molecular complexity index is 1340. The Labute approximate surface area is 221 Å². The van der Waals surface area contributed by atoms with E-state index in [9.17, 15) is 14.4 Å². The Morgan fingerprint density at radius 1 is 1.00 bits per heavy atom. The zero-order valence-corrected chi connectivity index (χ0v) is 21.6. The lowest BCUT2D eigenvalue weighted by Gasteiger charge is -2.34. The Morgan fingerprint density at radius 3 is 2.46 bits per heavy atom. The van der Waals surface area contributed by atoms with Gasteiger partial charge in [0.2, 0.25) is 5.91 Å². The van der Waals surface area contributed by atoms with E-state index in [1.54, 1.807) is 55.1 Å². The number of allylic oxidation sites excluding steroid dienone is 1. The largest absolute Gasteiger partial charge is 0.463 e. The molecular formula is C30H29ClN2O4. The minimum Gasteiger partial charge on any atom is -0.463 e. The third-order valence-electron chi connectivity index (χ3n) is 6.40. The number of hydrogen-bond donors (Lipinski definition) is 1. The number of benzene rings is 3. The predicted octanol–water partition coefficient (Wildman–Crippen LogP) is 5.62. The van der Waals surface area contributed by atoms with E-state index < -0.39 is 11.9 Å². The van der Waals surface area contributed by atoms with Gasteiger partial charge in [0.1, 0.15) is 0 Å². The molecule has 4 rings (SSSR count). The van der Waals surface area contributed by atoms with Crippen LogP contribution in [0.5, 0.6) is 0 Å². The van der Waals surface area contributed by atoms with E-state index in [0.29, 0.717) is 28.4 Å². The van der Waals surface area contributed by atoms with Gasteiger partial charge in [-0.15, -0.1) is 0 Å². The third-order valence-corrected chi connectivity index (χ3v) is 6.63. The average Bonchev–Trinajstić information content (AvgIpc) is 2.90. The molecule has 1 aliphatic heterocycles. The Hall–Kier alpha value is -3.90. The van der Waals surface area contributed by atoms with E-state index in [-0.39, 0.29) is 31.4 Å². The lowest BCUT2D eigenvalue weighted by molar-refractivity contribution is -0.140. The SMILES string of the molecule is CCOC(=O)C1=C(C)N(Cc2cccc(C(=O)NCc3ccccc3)c2)C(=O)CC1c1cccc(Cl)c1. The molecule has 1 N–H and O–H groups in total. The maximum absolute atomic E-state index is 13.3. The van der Waals surface area contributed by atoms with Crippen LogP contribution >= 0.6 is 11.6 Å². The summed E-state index contributed by atoms with van der Waals surface area (Å²) < 4.78 is 5.36. The molecule has 0 saturated heterocycles. The number of nitrogens with zero attached hydrogens (tertiary/aromatic N) is 1. The van der Waals surface area contributed by atoms with Gasteiger partial charge in [0, 0.05) is 35.2 Å². The minimum absolute atomic E-state index is 0.114. The van der Waals surface area contributed by atoms with Gasteiger partial charge < -0.3 is 15.0 Å². The van der Waals surface area contributed by atoms with Gasteiger partial charge in [-0.2, -0.15) is 0 Å². The molecule has 37 heavy (non-hydrogen) atoms. The van der Waals surface area contributed by atoms with Gasteiger partial charge >= 0.3 is 5.97 Å². The van der Waals surface area contributed by atoms with Crippen molar-refractivity contribution in [1.29, 1.82) is 0 Å². The van der Waals surface area contributed by atoms with Crippen molar-refractivity contribution in [3.05, 3.63) is 117 Å². The van der Waals surface area contributed by atoms with Crippen LogP contribution in [-0.2, 0) is 27.4 Å². The van der Waals surface area contributed by atoms with Crippen LogP contribution in [0, 0.1) is 0 Å². The molecule has 0 radical (unpaired) electrons. The molecule has 0 aromatic heterocycles. The highest BCUT2D eigenvalue weighted by Gasteiger charge is 2.37. The number of ether oxygens (including phenoxy) is 1. The fourth-order valence-corrected chi connectivity index (χ4v) is 4.76. The topological polar surface area (TPSA) is 75.7 Å². The molecule has 1 atom stereocenters. The van der Waals surface area contributed by atoms with Crippen LogP contribution in [-0.4, -0.2) is 29.3 Å². The molecule has 7 heteroatoms. The molecule has 1 aliphatic rings. The van der Waals surface area contributed by atoms with Crippen LogP contribution in [0.25, 0.3) is 0 Å². The van der Waals surface area contributed by atoms with Crippen LogP contribution < -0.4 is 5.32 Å². The minimum atomic E-state index is -0.448. The standard InChI is InChI=1S/C30H29ClN2O4/c1-3-37-30(36)28-20(2)33(27(34)17-26(28)23-12-8-14-25(31)16-23)19-22-11-7-13-24(15-22)29(35)32-18-21-9-5-4-6-10-21/h4-16,26H,3,17-19H2,1-2H3,(H,32,35). The molecule has 2 amide bonds. The molecule has 0 spiro atoms. The lowest BCUT2D eigenvalue weighted by Crippen LogP contribution is -2.38. The van der Waals surface area contributed by atoms with Crippen molar-refractivity contribution < 1.29 is 19.1 Å². The monoisotopic (exact) mass is 516 g/mol. The van der Waals surface area contributed by atoms with Gasteiger partial charge in [-0.1, -0.05) is 66.2 Å². The van der Waals surface area contributed by atoms with Crippen LogP contribution in [0.1, 0.15) is 53.2 Å². The molecule has 0 fully saturated rings. The normalized spacial score (nSPS) is 15.5. The first-order valence-corrected chi connectivity index (χ1v) is 12.6. The van der Waals surface area contributed by atoms with Crippen LogP contribution in [0.15, 0.2) is 90.1 Å². The van der Waals surface area contributed by atoms with Crippen molar-refractivity contribution >= 4 is 29.4 Å². The van der Waals surface area contributed by atoms with Crippen molar-refractivity contribution in [3.8, 4) is 0 Å². The fourth-order valence-electron chi connectivity index (χ4n) is 4.56. The van der Waals surface area contributed by atoms with Gasteiger partial charge in [0.25, 0.3) is 5.91 Å². The number of halogens is 1. The van der Waals surface area contributed by atoms with Crippen molar-refractivity contribution in [2.45, 2.75) is 39.3 Å². The third kappa shape index (κ3) is 6.27. The molecule has 0 saturated carbocycles. The van der Waals surface area contributed by atoms with Crippen molar-refractivity contribution in [1.82, 2.24) is 10.2 Å². The molecule has 3 aromatic rings. The van der Waals surface area contributed by atoms with Gasteiger partial charge in [-0.3, -0.25) is 9.59 Å². The van der Waals surface area contributed by atoms with E-state index in [2.05, 4.69) is 5.32 Å². The molecule has 1 unspecified atom stereocenters. The molecule has 6 nitrogen and oxygen atoms in total. The van der Waals surface area contributed by atoms with E-state index in [1.807, 2.05) is 42.5 Å². The van der Waals surface area contributed by atoms with E-state index in [4.69, 9.17) is 16.3 Å². The molecule has 1 heterocycles. The Kier molecular flexibility index (Phi) is 8.41. The second kappa shape index (κ2) is 11.9. The molecular weight excluding hydrogens is 488 g/mol. The molecule has 0 bridgehead atoms.